The molecule has 6 heteroatoms. The molecule has 3 atom stereocenters. The van der Waals surface area contributed by atoms with E-state index in [4.69, 9.17) is 9.47 Å². The average molecular weight is 396 g/mol. The van der Waals surface area contributed by atoms with Crippen LogP contribution in [0.25, 0.3) is 0 Å². The summed E-state index contributed by atoms with van der Waals surface area (Å²) >= 11 is 0. The third-order valence-corrected chi connectivity index (χ3v) is 5.65. The quantitative estimate of drug-likeness (QED) is 0.717. The number of carbonyl (C=O) groups excluding carboxylic acids is 2. The lowest BCUT2D eigenvalue weighted by atomic mass is 9.85. The molecule has 1 aromatic heterocycles. The van der Waals surface area contributed by atoms with E-state index >= 15 is 0 Å². The van der Waals surface area contributed by atoms with Crippen LogP contribution in [0.2, 0.25) is 0 Å². The summed E-state index contributed by atoms with van der Waals surface area (Å²) in [6, 6.07) is 14.2. The molecule has 0 spiro atoms. The fraction of sp³-hybridized carbons (Fsp3) is 0.435. The third kappa shape index (κ3) is 5.01. The molecular formula is C23H28N2O4. The predicted octanol–water partition coefficient (Wildman–Crippen LogP) is 3.78. The SMILES string of the molecule is CC1CC(OC(=O)C(OC(=O)c2ccccn2)c2ccccc2)CC(C)(C)N1C. The first-order valence-electron chi connectivity index (χ1n) is 9.88. The zero-order valence-corrected chi connectivity index (χ0v) is 17.4. The van der Waals surface area contributed by atoms with E-state index in [1.54, 1.807) is 42.5 Å². The van der Waals surface area contributed by atoms with Gasteiger partial charge in [0.15, 0.2) is 0 Å². The standard InChI is InChI=1S/C23H28N2O4/c1-16-14-18(15-23(2,3)25(16)4)28-22(27)20(17-10-6-5-7-11-17)29-21(26)19-12-8-9-13-24-19/h5-13,16,18,20H,14-15H2,1-4H3. The van der Waals surface area contributed by atoms with E-state index in [1.807, 2.05) is 6.07 Å². The van der Waals surface area contributed by atoms with Gasteiger partial charge in [0.1, 0.15) is 11.8 Å². The molecule has 0 bridgehead atoms. The predicted molar refractivity (Wildman–Crippen MR) is 109 cm³/mol. The summed E-state index contributed by atoms with van der Waals surface area (Å²) < 4.78 is 11.4. The van der Waals surface area contributed by atoms with Crippen molar-refractivity contribution in [2.75, 3.05) is 7.05 Å². The van der Waals surface area contributed by atoms with Crippen molar-refractivity contribution in [2.24, 2.45) is 0 Å². The van der Waals surface area contributed by atoms with E-state index < -0.39 is 18.0 Å². The monoisotopic (exact) mass is 396 g/mol. The minimum Gasteiger partial charge on any atom is -0.459 e. The number of hydrogen-bond donors (Lipinski definition) is 0. The van der Waals surface area contributed by atoms with E-state index in [1.165, 1.54) is 6.20 Å². The lowest BCUT2D eigenvalue weighted by Gasteiger charge is -2.47. The maximum Gasteiger partial charge on any atom is 0.358 e. The highest BCUT2D eigenvalue weighted by Crippen LogP contribution is 2.33. The molecule has 0 aliphatic carbocycles. The van der Waals surface area contributed by atoms with Crippen molar-refractivity contribution in [1.82, 2.24) is 9.88 Å². The molecule has 2 heterocycles. The van der Waals surface area contributed by atoms with Crippen LogP contribution in [0.3, 0.4) is 0 Å². The van der Waals surface area contributed by atoms with Gasteiger partial charge in [0.2, 0.25) is 6.10 Å². The van der Waals surface area contributed by atoms with Crippen LogP contribution in [0.15, 0.2) is 54.7 Å². The Morgan fingerprint density at radius 1 is 1.14 bits per heavy atom. The summed E-state index contributed by atoms with van der Waals surface area (Å²) in [7, 11) is 2.09. The van der Waals surface area contributed by atoms with Crippen molar-refractivity contribution < 1.29 is 19.1 Å². The Labute approximate surface area is 171 Å². The second-order valence-corrected chi connectivity index (χ2v) is 8.18. The van der Waals surface area contributed by atoms with Crippen LogP contribution in [0.4, 0.5) is 0 Å². The first-order chi connectivity index (χ1) is 13.8. The molecule has 0 N–H and O–H groups in total. The first-order valence-corrected chi connectivity index (χ1v) is 9.88. The van der Waals surface area contributed by atoms with Crippen molar-refractivity contribution in [3.8, 4) is 0 Å². The minimum absolute atomic E-state index is 0.0878. The molecule has 154 valence electrons. The van der Waals surface area contributed by atoms with Gasteiger partial charge in [0.05, 0.1) is 0 Å². The molecule has 0 saturated carbocycles. The molecule has 2 aromatic rings. The lowest BCUT2D eigenvalue weighted by molar-refractivity contribution is -0.166. The Balaban J connectivity index is 1.77. The van der Waals surface area contributed by atoms with Gasteiger partial charge >= 0.3 is 11.9 Å². The number of hydrogen-bond acceptors (Lipinski definition) is 6. The van der Waals surface area contributed by atoms with Gasteiger partial charge in [-0.05, 0) is 46.4 Å². The third-order valence-electron chi connectivity index (χ3n) is 5.65. The van der Waals surface area contributed by atoms with Crippen LogP contribution in [0.1, 0.15) is 55.8 Å². The van der Waals surface area contributed by atoms with Crippen molar-refractivity contribution in [2.45, 2.75) is 57.4 Å². The summed E-state index contributed by atoms with van der Waals surface area (Å²) in [5.41, 5.74) is 0.632. The molecule has 1 saturated heterocycles. The Morgan fingerprint density at radius 2 is 1.83 bits per heavy atom. The van der Waals surface area contributed by atoms with E-state index in [0.29, 0.717) is 5.56 Å². The van der Waals surface area contributed by atoms with Gasteiger partial charge in [-0.15, -0.1) is 0 Å². The Morgan fingerprint density at radius 3 is 2.45 bits per heavy atom. The average Bonchev–Trinajstić information content (AvgIpc) is 2.71. The van der Waals surface area contributed by atoms with E-state index in [-0.39, 0.29) is 23.4 Å². The van der Waals surface area contributed by atoms with E-state index in [2.05, 4.69) is 37.7 Å². The van der Waals surface area contributed by atoms with Crippen molar-refractivity contribution in [3.05, 3.63) is 66.0 Å². The van der Waals surface area contributed by atoms with Gasteiger partial charge in [-0.1, -0.05) is 36.4 Å². The molecule has 3 unspecified atom stereocenters. The number of rotatable bonds is 5. The van der Waals surface area contributed by atoms with Crippen LogP contribution in [0.5, 0.6) is 0 Å². The minimum atomic E-state index is -1.14. The van der Waals surface area contributed by atoms with Crippen LogP contribution in [-0.2, 0) is 14.3 Å². The van der Waals surface area contributed by atoms with Gasteiger partial charge in [0, 0.05) is 29.8 Å². The van der Waals surface area contributed by atoms with Gasteiger partial charge in [0.25, 0.3) is 0 Å². The van der Waals surface area contributed by atoms with Crippen molar-refractivity contribution in [1.29, 1.82) is 0 Å². The summed E-state index contributed by atoms with van der Waals surface area (Å²) in [5, 5.41) is 0. The topological polar surface area (TPSA) is 68.7 Å². The Hall–Kier alpha value is -2.73. The van der Waals surface area contributed by atoms with Gasteiger partial charge in [-0.2, -0.15) is 0 Å². The van der Waals surface area contributed by atoms with Gasteiger partial charge < -0.3 is 9.47 Å². The number of nitrogens with zero attached hydrogens (tertiary/aromatic N) is 2. The highest BCUT2D eigenvalue weighted by Gasteiger charge is 2.39. The zero-order valence-electron chi connectivity index (χ0n) is 17.4. The fourth-order valence-corrected chi connectivity index (χ4v) is 3.77. The lowest BCUT2D eigenvalue weighted by Crippen LogP contribution is -2.54. The van der Waals surface area contributed by atoms with Crippen LogP contribution >= 0.6 is 0 Å². The number of pyridine rings is 1. The summed E-state index contributed by atoms with van der Waals surface area (Å²) in [6.45, 7) is 6.40. The molecule has 0 amide bonds. The molecular weight excluding hydrogens is 368 g/mol. The number of esters is 2. The largest absolute Gasteiger partial charge is 0.459 e. The molecule has 3 rings (SSSR count). The van der Waals surface area contributed by atoms with Crippen molar-refractivity contribution >= 4 is 11.9 Å². The number of ether oxygens (including phenoxy) is 2. The number of piperidine rings is 1. The van der Waals surface area contributed by atoms with Crippen LogP contribution in [0, 0.1) is 0 Å². The molecule has 0 radical (unpaired) electrons. The second kappa shape index (κ2) is 8.74. The smallest absolute Gasteiger partial charge is 0.358 e. The Kier molecular flexibility index (Phi) is 6.33. The van der Waals surface area contributed by atoms with E-state index in [9.17, 15) is 9.59 Å². The molecule has 1 aliphatic rings. The van der Waals surface area contributed by atoms with Gasteiger partial charge in [-0.25, -0.2) is 14.6 Å². The highest BCUT2D eigenvalue weighted by atomic mass is 16.6. The second-order valence-electron chi connectivity index (χ2n) is 8.18. The number of aromatic nitrogens is 1. The fourth-order valence-electron chi connectivity index (χ4n) is 3.77. The highest BCUT2D eigenvalue weighted by molar-refractivity contribution is 5.90. The Bertz CT molecular complexity index is 838. The molecule has 1 aromatic carbocycles. The maximum absolute atomic E-state index is 13.0. The van der Waals surface area contributed by atoms with Gasteiger partial charge in [-0.3, -0.25) is 4.90 Å². The van der Waals surface area contributed by atoms with Crippen molar-refractivity contribution in [3.63, 3.8) is 0 Å². The summed E-state index contributed by atoms with van der Waals surface area (Å²) in [6.07, 6.45) is 1.60. The zero-order chi connectivity index (χ0) is 21.0. The number of carbonyl (C=O) groups is 2. The van der Waals surface area contributed by atoms with Crippen LogP contribution in [-0.4, -0.2) is 46.6 Å². The molecule has 29 heavy (non-hydrogen) atoms. The normalized spacial score (nSPS) is 22.5. The maximum atomic E-state index is 13.0. The summed E-state index contributed by atoms with van der Waals surface area (Å²) in [4.78, 5) is 31.9. The van der Waals surface area contributed by atoms with Crippen LogP contribution < -0.4 is 0 Å². The first kappa shape index (κ1) is 21.0. The van der Waals surface area contributed by atoms with E-state index in [0.717, 1.165) is 12.8 Å². The molecule has 1 fully saturated rings. The number of likely N-dealkylation sites (tertiary alicyclic amines) is 1. The molecule has 1 aliphatic heterocycles. The molecule has 6 nitrogen and oxygen atoms in total. The number of benzene rings is 1. The summed E-state index contributed by atoms with van der Waals surface area (Å²) in [5.74, 6) is -1.22.